The molecule has 25 heavy (non-hydrogen) atoms. The van der Waals surface area contributed by atoms with E-state index in [-0.39, 0.29) is 29.6 Å². The quantitative estimate of drug-likeness (QED) is 0.883. The number of nitrogens with one attached hydrogen (secondary N) is 1. The zero-order valence-electron chi connectivity index (χ0n) is 15.0. The molecule has 0 radical (unpaired) electrons. The number of rotatable bonds is 5. The van der Waals surface area contributed by atoms with Crippen molar-refractivity contribution >= 4 is 5.91 Å². The van der Waals surface area contributed by atoms with Crippen LogP contribution < -0.4 is 5.32 Å². The van der Waals surface area contributed by atoms with Crippen LogP contribution in [-0.2, 0) is 9.47 Å². The fourth-order valence-corrected chi connectivity index (χ4v) is 4.93. The largest absolute Gasteiger partial charge is 0.445 e. The van der Waals surface area contributed by atoms with Gasteiger partial charge in [0.2, 0.25) is 0 Å². The summed E-state index contributed by atoms with van der Waals surface area (Å²) in [6.45, 7) is 3.50. The van der Waals surface area contributed by atoms with Crippen molar-refractivity contribution < 1.29 is 18.7 Å². The SMILES string of the molecule is CCO[C@@H]1C[C@@H](NC(=O)c2ncoc2[C@H]2CCCO2)C12CCCCC2. The Bertz CT molecular complexity index is 602. The molecule has 138 valence electrons. The van der Waals surface area contributed by atoms with Gasteiger partial charge in [-0.1, -0.05) is 19.3 Å². The number of carbonyl (C=O) groups is 1. The van der Waals surface area contributed by atoms with E-state index in [2.05, 4.69) is 10.3 Å². The zero-order valence-corrected chi connectivity index (χ0v) is 15.0. The van der Waals surface area contributed by atoms with Gasteiger partial charge in [-0.3, -0.25) is 4.79 Å². The van der Waals surface area contributed by atoms with Crippen molar-refractivity contribution in [2.45, 2.75) is 76.5 Å². The van der Waals surface area contributed by atoms with E-state index in [1.54, 1.807) is 0 Å². The van der Waals surface area contributed by atoms with Gasteiger partial charge in [0.15, 0.2) is 17.8 Å². The second kappa shape index (κ2) is 7.08. The summed E-state index contributed by atoms with van der Waals surface area (Å²) in [6.07, 6.45) is 10.3. The first-order valence-corrected chi connectivity index (χ1v) is 9.72. The van der Waals surface area contributed by atoms with Gasteiger partial charge in [-0.05, 0) is 39.0 Å². The van der Waals surface area contributed by atoms with Gasteiger partial charge < -0.3 is 19.2 Å². The van der Waals surface area contributed by atoms with Gasteiger partial charge in [-0.2, -0.15) is 0 Å². The monoisotopic (exact) mass is 348 g/mol. The maximum atomic E-state index is 12.8. The van der Waals surface area contributed by atoms with Crippen LogP contribution in [-0.4, -0.2) is 36.3 Å². The highest BCUT2D eigenvalue weighted by Gasteiger charge is 2.56. The molecule has 4 rings (SSSR count). The second-order valence-electron chi connectivity index (χ2n) is 7.57. The van der Waals surface area contributed by atoms with Gasteiger partial charge in [0.25, 0.3) is 5.91 Å². The molecule has 2 aliphatic carbocycles. The molecule has 3 aliphatic rings. The molecule has 0 bridgehead atoms. The molecular weight excluding hydrogens is 320 g/mol. The first-order valence-electron chi connectivity index (χ1n) is 9.72. The highest BCUT2D eigenvalue weighted by molar-refractivity contribution is 5.93. The van der Waals surface area contributed by atoms with E-state index in [9.17, 15) is 4.79 Å². The molecule has 1 aromatic rings. The molecule has 2 heterocycles. The van der Waals surface area contributed by atoms with Crippen LogP contribution in [0, 0.1) is 5.41 Å². The lowest BCUT2D eigenvalue weighted by molar-refractivity contribution is -0.147. The number of hydrogen-bond acceptors (Lipinski definition) is 5. The summed E-state index contributed by atoms with van der Waals surface area (Å²) in [7, 11) is 0. The van der Waals surface area contributed by atoms with Crippen molar-refractivity contribution in [1.29, 1.82) is 0 Å². The molecule has 1 amide bonds. The molecule has 1 N–H and O–H groups in total. The van der Waals surface area contributed by atoms with E-state index in [0.29, 0.717) is 18.1 Å². The van der Waals surface area contributed by atoms with Gasteiger partial charge >= 0.3 is 0 Å². The summed E-state index contributed by atoms with van der Waals surface area (Å²) in [5.74, 6) is 0.442. The maximum Gasteiger partial charge on any atom is 0.273 e. The molecule has 1 aliphatic heterocycles. The number of oxazole rings is 1. The van der Waals surface area contributed by atoms with E-state index >= 15 is 0 Å². The van der Waals surface area contributed by atoms with Crippen molar-refractivity contribution in [2.24, 2.45) is 5.41 Å². The van der Waals surface area contributed by atoms with E-state index in [4.69, 9.17) is 13.9 Å². The lowest BCUT2D eigenvalue weighted by Crippen LogP contribution is -2.65. The number of hydrogen-bond donors (Lipinski definition) is 1. The number of aromatic nitrogens is 1. The summed E-state index contributed by atoms with van der Waals surface area (Å²) in [4.78, 5) is 17.0. The molecule has 1 saturated heterocycles. The topological polar surface area (TPSA) is 73.6 Å². The van der Waals surface area contributed by atoms with Crippen molar-refractivity contribution in [3.63, 3.8) is 0 Å². The van der Waals surface area contributed by atoms with Crippen molar-refractivity contribution in [2.75, 3.05) is 13.2 Å². The van der Waals surface area contributed by atoms with E-state index < -0.39 is 0 Å². The Kier molecular flexibility index (Phi) is 4.82. The molecule has 6 heteroatoms. The molecule has 1 spiro atoms. The fraction of sp³-hybridized carbons (Fsp3) is 0.789. The Morgan fingerprint density at radius 2 is 2.20 bits per heavy atom. The molecule has 2 saturated carbocycles. The minimum atomic E-state index is -0.135. The molecule has 1 aromatic heterocycles. The third-order valence-corrected chi connectivity index (χ3v) is 6.27. The minimum absolute atomic E-state index is 0.109. The number of amides is 1. The van der Waals surface area contributed by atoms with Gasteiger partial charge in [-0.15, -0.1) is 0 Å². The highest BCUT2D eigenvalue weighted by atomic mass is 16.5. The van der Waals surface area contributed by atoms with Crippen LogP contribution >= 0.6 is 0 Å². The Morgan fingerprint density at radius 1 is 1.36 bits per heavy atom. The zero-order chi connectivity index (χ0) is 17.3. The molecular formula is C19H28N2O4. The third-order valence-electron chi connectivity index (χ3n) is 6.27. The van der Waals surface area contributed by atoms with Crippen molar-refractivity contribution in [3.05, 3.63) is 17.8 Å². The van der Waals surface area contributed by atoms with Crippen LogP contribution in [0.5, 0.6) is 0 Å². The normalized spacial score (nSPS) is 31.0. The summed E-state index contributed by atoms with van der Waals surface area (Å²) >= 11 is 0. The predicted octanol–water partition coefficient (Wildman–Crippen LogP) is 3.38. The van der Waals surface area contributed by atoms with Crippen molar-refractivity contribution in [1.82, 2.24) is 10.3 Å². The van der Waals surface area contributed by atoms with Crippen LogP contribution in [0.25, 0.3) is 0 Å². The Morgan fingerprint density at radius 3 is 2.92 bits per heavy atom. The van der Waals surface area contributed by atoms with E-state index in [1.807, 2.05) is 6.92 Å². The number of ether oxygens (including phenoxy) is 2. The Labute approximate surface area is 148 Å². The Balaban J connectivity index is 1.46. The fourth-order valence-electron chi connectivity index (χ4n) is 4.93. The Hall–Kier alpha value is -1.40. The highest BCUT2D eigenvalue weighted by Crippen LogP contribution is 2.53. The summed E-state index contributed by atoms with van der Waals surface area (Å²) < 4.78 is 17.1. The smallest absolute Gasteiger partial charge is 0.273 e. The van der Waals surface area contributed by atoms with Crippen molar-refractivity contribution in [3.8, 4) is 0 Å². The van der Waals surface area contributed by atoms with E-state index in [1.165, 1.54) is 25.7 Å². The average Bonchev–Trinajstić information content (AvgIpc) is 3.32. The third kappa shape index (κ3) is 2.99. The lowest BCUT2D eigenvalue weighted by Gasteiger charge is -2.57. The molecule has 6 nitrogen and oxygen atoms in total. The predicted molar refractivity (Wildman–Crippen MR) is 91.2 cm³/mol. The summed E-state index contributed by atoms with van der Waals surface area (Å²) in [5, 5.41) is 3.23. The van der Waals surface area contributed by atoms with Gasteiger partial charge in [-0.25, -0.2) is 4.98 Å². The van der Waals surface area contributed by atoms with E-state index in [0.717, 1.165) is 38.7 Å². The minimum Gasteiger partial charge on any atom is -0.445 e. The molecule has 0 unspecified atom stereocenters. The van der Waals surface area contributed by atoms with Gasteiger partial charge in [0, 0.05) is 24.7 Å². The van der Waals surface area contributed by atoms with Crippen LogP contribution in [0.4, 0.5) is 0 Å². The van der Waals surface area contributed by atoms with Gasteiger partial charge in [0.05, 0.1) is 6.10 Å². The first-order chi connectivity index (χ1) is 12.2. The van der Waals surface area contributed by atoms with Crippen LogP contribution in [0.2, 0.25) is 0 Å². The lowest BCUT2D eigenvalue weighted by atomic mass is 9.55. The van der Waals surface area contributed by atoms with Crippen LogP contribution in [0.3, 0.4) is 0 Å². The van der Waals surface area contributed by atoms with Crippen LogP contribution in [0.1, 0.15) is 80.6 Å². The molecule has 0 aromatic carbocycles. The number of carbonyl (C=O) groups excluding carboxylic acids is 1. The summed E-state index contributed by atoms with van der Waals surface area (Å²) in [5.41, 5.74) is 0.496. The molecule has 3 fully saturated rings. The average molecular weight is 348 g/mol. The summed E-state index contributed by atoms with van der Waals surface area (Å²) in [6, 6.07) is 0.172. The first kappa shape index (κ1) is 17.0. The maximum absolute atomic E-state index is 12.8. The molecule has 3 atom stereocenters. The van der Waals surface area contributed by atoms with Crippen LogP contribution in [0.15, 0.2) is 10.8 Å². The standard InChI is InChI=1S/C19H28N2O4/c1-2-23-15-11-14(19(15)8-4-3-5-9-19)21-18(22)16-17(25-12-20-16)13-7-6-10-24-13/h12-15H,2-11H2,1H3,(H,21,22)/t13-,14-,15-/m1/s1. The van der Waals surface area contributed by atoms with Gasteiger partial charge in [0.1, 0.15) is 6.10 Å². The number of nitrogens with zero attached hydrogens (tertiary/aromatic N) is 1. The second-order valence-corrected chi connectivity index (χ2v) is 7.57.